The minimum atomic E-state index is -3.68. The minimum Gasteiger partial charge on any atom is -0.382 e. The van der Waals surface area contributed by atoms with E-state index in [-0.39, 0.29) is 11.3 Å². The van der Waals surface area contributed by atoms with Crippen molar-refractivity contribution >= 4 is 16.0 Å². The van der Waals surface area contributed by atoms with Crippen LogP contribution in [0.25, 0.3) is 0 Å². The molecule has 0 radical (unpaired) electrons. The first-order chi connectivity index (χ1) is 9.96. The van der Waals surface area contributed by atoms with Crippen LogP contribution in [0.1, 0.15) is 15.9 Å². The molecule has 0 fully saturated rings. The third-order valence-corrected chi connectivity index (χ3v) is 3.15. The molecule has 0 aliphatic carbocycles. The predicted octanol–water partition coefficient (Wildman–Crippen LogP) is 1.96. The second kappa shape index (κ2) is 6.41. The first kappa shape index (κ1) is 15.1. The highest BCUT2D eigenvalue weighted by atomic mass is 32.2. The first-order valence-electron chi connectivity index (χ1n) is 6.26. The van der Waals surface area contributed by atoms with Crippen molar-refractivity contribution in [1.29, 1.82) is 0 Å². The molecule has 2 rings (SSSR count). The Kier molecular flexibility index (Phi) is 4.59. The fraction of sp³-hybridized carbons (Fsp3) is 0.133. The normalized spacial score (nSPS) is 10.9. The van der Waals surface area contributed by atoms with E-state index in [0.717, 1.165) is 11.8 Å². The molecule has 0 bridgehead atoms. The average molecular weight is 305 g/mol. The zero-order valence-electron chi connectivity index (χ0n) is 11.4. The van der Waals surface area contributed by atoms with Crippen molar-refractivity contribution in [1.82, 2.24) is 5.32 Å². The quantitative estimate of drug-likeness (QED) is 0.857. The van der Waals surface area contributed by atoms with E-state index in [0.29, 0.717) is 6.54 Å². The van der Waals surface area contributed by atoms with Gasteiger partial charge in [-0.1, -0.05) is 42.5 Å². The first-order valence-corrected chi connectivity index (χ1v) is 8.08. The van der Waals surface area contributed by atoms with Gasteiger partial charge in [0.05, 0.1) is 11.8 Å². The average Bonchev–Trinajstić information content (AvgIpc) is 2.45. The highest BCUT2D eigenvalue weighted by Crippen LogP contribution is 2.19. The largest absolute Gasteiger partial charge is 0.382 e. The number of para-hydroxylation sites is 1. The van der Waals surface area contributed by atoms with Gasteiger partial charge in [-0.05, 0) is 17.7 Å². The van der Waals surface area contributed by atoms with E-state index >= 15 is 0 Å². The number of carbonyl (C=O) groups is 1. The van der Waals surface area contributed by atoms with Gasteiger partial charge in [0.2, 0.25) is 0 Å². The maximum atomic E-state index is 12.1. The summed E-state index contributed by atoms with van der Waals surface area (Å²) < 4.78 is 27.2. The van der Waals surface area contributed by atoms with Crippen molar-refractivity contribution < 1.29 is 17.4 Å². The maximum Gasteiger partial charge on any atom is 0.306 e. The van der Waals surface area contributed by atoms with E-state index in [2.05, 4.69) is 5.32 Å². The van der Waals surface area contributed by atoms with E-state index in [1.807, 2.05) is 30.3 Å². The minimum absolute atomic E-state index is 0.0190. The lowest BCUT2D eigenvalue weighted by atomic mass is 10.1. The van der Waals surface area contributed by atoms with Gasteiger partial charge in [0, 0.05) is 6.54 Å². The zero-order chi connectivity index (χ0) is 15.3. The van der Waals surface area contributed by atoms with Crippen LogP contribution < -0.4 is 9.50 Å². The van der Waals surface area contributed by atoms with Gasteiger partial charge < -0.3 is 9.50 Å². The standard InChI is InChI=1S/C15H15NO4S/c1-21(18,19)20-14-10-6-5-9-13(14)15(17)16-11-12-7-3-2-4-8-12/h2-10H,11H2,1H3,(H,16,17). The molecule has 0 atom stereocenters. The van der Waals surface area contributed by atoms with Crippen LogP contribution in [0.2, 0.25) is 0 Å². The molecule has 5 nitrogen and oxygen atoms in total. The van der Waals surface area contributed by atoms with Crippen molar-refractivity contribution in [3.05, 3.63) is 65.7 Å². The molecule has 2 aromatic rings. The third kappa shape index (κ3) is 4.61. The maximum absolute atomic E-state index is 12.1. The molecule has 0 aliphatic heterocycles. The number of amides is 1. The molecule has 0 saturated carbocycles. The van der Waals surface area contributed by atoms with Crippen LogP contribution in [0.5, 0.6) is 5.75 Å². The van der Waals surface area contributed by atoms with Crippen LogP contribution in [0.4, 0.5) is 0 Å². The molecule has 110 valence electrons. The molecule has 0 heterocycles. The van der Waals surface area contributed by atoms with Crippen molar-refractivity contribution in [2.75, 3.05) is 6.26 Å². The van der Waals surface area contributed by atoms with Crippen molar-refractivity contribution in [3.8, 4) is 5.75 Å². The predicted molar refractivity (Wildman–Crippen MR) is 79.5 cm³/mol. The van der Waals surface area contributed by atoms with Gasteiger partial charge in [-0.2, -0.15) is 8.42 Å². The highest BCUT2D eigenvalue weighted by Gasteiger charge is 2.15. The van der Waals surface area contributed by atoms with Crippen LogP contribution in [0, 0.1) is 0 Å². The number of benzene rings is 2. The van der Waals surface area contributed by atoms with Crippen LogP contribution in [-0.2, 0) is 16.7 Å². The molecule has 0 unspecified atom stereocenters. The lowest BCUT2D eigenvalue weighted by Crippen LogP contribution is -2.23. The van der Waals surface area contributed by atoms with E-state index in [9.17, 15) is 13.2 Å². The summed E-state index contributed by atoms with van der Waals surface area (Å²) in [6.45, 7) is 0.354. The molecular formula is C15H15NO4S. The summed E-state index contributed by atoms with van der Waals surface area (Å²) in [5.41, 5.74) is 1.13. The second-order valence-electron chi connectivity index (χ2n) is 4.45. The summed E-state index contributed by atoms with van der Waals surface area (Å²) in [5.74, 6) is -0.372. The summed E-state index contributed by atoms with van der Waals surface area (Å²) in [5, 5.41) is 2.73. The van der Waals surface area contributed by atoms with Gasteiger partial charge in [-0.15, -0.1) is 0 Å². The lowest BCUT2D eigenvalue weighted by Gasteiger charge is -2.10. The van der Waals surface area contributed by atoms with Crippen LogP contribution in [0.15, 0.2) is 54.6 Å². The Bertz CT molecular complexity index is 726. The fourth-order valence-electron chi connectivity index (χ4n) is 1.76. The summed E-state index contributed by atoms with van der Waals surface area (Å²) in [7, 11) is -3.68. The van der Waals surface area contributed by atoms with Gasteiger partial charge in [-0.25, -0.2) is 0 Å². The summed E-state index contributed by atoms with van der Waals surface area (Å²) in [4.78, 5) is 12.1. The Morgan fingerprint density at radius 2 is 1.67 bits per heavy atom. The number of nitrogens with one attached hydrogen (secondary N) is 1. The molecule has 1 N–H and O–H groups in total. The third-order valence-electron chi connectivity index (χ3n) is 2.67. The summed E-state index contributed by atoms with van der Waals surface area (Å²) in [6.07, 6.45) is 0.936. The van der Waals surface area contributed by atoms with Crippen molar-refractivity contribution in [2.45, 2.75) is 6.54 Å². The van der Waals surface area contributed by atoms with Crippen LogP contribution in [0.3, 0.4) is 0 Å². The van der Waals surface area contributed by atoms with E-state index < -0.39 is 16.0 Å². The van der Waals surface area contributed by atoms with E-state index in [4.69, 9.17) is 4.18 Å². The van der Waals surface area contributed by atoms with E-state index in [1.165, 1.54) is 12.1 Å². The summed E-state index contributed by atoms with van der Waals surface area (Å²) >= 11 is 0. The van der Waals surface area contributed by atoms with Crippen LogP contribution >= 0.6 is 0 Å². The smallest absolute Gasteiger partial charge is 0.306 e. The molecule has 0 spiro atoms. The lowest BCUT2D eigenvalue weighted by molar-refractivity contribution is 0.0949. The Morgan fingerprint density at radius 1 is 1.05 bits per heavy atom. The van der Waals surface area contributed by atoms with E-state index in [1.54, 1.807) is 12.1 Å². The Labute approximate surface area is 123 Å². The van der Waals surface area contributed by atoms with Crippen LogP contribution in [-0.4, -0.2) is 20.6 Å². The van der Waals surface area contributed by atoms with Gasteiger partial charge in [-0.3, -0.25) is 4.79 Å². The monoisotopic (exact) mass is 305 g/mol. The summed E-state index contributed by atoms with van der Waals surface area (Å²) in [6, 6.07) is 15.6. The molecule has 0 aliphatic rings. The topological polar surface area (TPSA) is 72.5 Å². The highest BCUT2D eigenvalue weighted by molar-refractivity contribution is 7.86. The Morgan fingerprint density at radius 3 is 2.33 bits per heavy atom. The molecule has 1 amide bonds. The second-order valence-corrected chi connectivity index (χ2v) is 6.03. The molecule has 0 saturated heterocycles. The van der Waals surface area contributed by atoms with Gasteiger partial charge in [0.1, 0.15) is 0 Å². The molecule has 6 heteroatoms. The Balaban J connectivity index is 2.12. The SMILES string of the molecule is CS(=O)(=O)Oc1ccccc1C(=O)NCc1ccccc1. The molecule has 21 heavy (non-hydrogen) atoms. The van der Waals surface area contributed by atoms with Crippen molar-refractivity contribution in [2.24, 2.45) is 0 Å². The number of carbonyl (C=O) groups excluding carboxylic acids is 1. The Hall–Kier alpha value is -2.34. The van der Waals surface area contributed by atoms with Gasteiger partial charge in [0.15, 0.2) is 5.75 Å². The van der Waals surface area contributed by atoms with Crippen molar-refractivity contribution in [3.63, 3.8) is 0 Å². The molecular weight excluding hydrogens is 290 g/mol. The molecule has 0 aromatic heterocycles. The number of hydrogen-bond acceptors (Lipinski definition) is 4. The zero-order valence-corrected chi connectivity index (χ0v) is 12.3. The fourth-order valence-corrected chi connectivity index (χ4v) is 2.23. The van der Waals surface area contributed by atoms with Gasteiger partial charge >= 0.3 is 10.1 Å². The van der Waals surface area contributed by atoms with Gasteiger partial charge in [0.25, 0.3) is 5.91 Å². The number of rotatable bonds is 5. The molecule has 2 aromatic carbocycles. The number of hydrogen-bond donors (Lipinski definition) is 1.